The van der Waals surface area contributed by atoms with E-state index in [2.05, 4.69) is 43.3 Å². The predicted molar refractivity (Wildman–Crippen MR) is 99.5 cm³/mol. The van der Waals surface area contributed by atoms with Gasteiger partial charge in [-0.3, -0.25) is 4.98 Å². The van der Waals surface area contributed by atoms with Crippen molar-refractivity contribution in [3.05, 3.63) is 30.1 Å². The third-order valence-electron chi connectivity index (χ3n) is 5.10. The average Bonchev–Trinajstić information content (AvgIpc) is 2.52. The van der Waals surface area contributed by atoms with Crippen LogP contribution in [-0.2, 0) is 16.1 Å². The van der Waals surface area contributed by atoms with E-state index in [4.69, 9.17) is 9.47 Å². The van der Waals surface area contributed by atoms with Gasteiger partial charge in [-0.1, -0.05) is 6.07 Å². The lowest BCUT2D eigenvalue weighted by Gasteiger charge is -2.48. The van der Waals surface area contributed by atoms with Crippen LogP contribution in [0.3, 0.4) is 0 Å². The smallest absolute Gasteiger partial charge is 0.0892 e. The Morgan fingerprint density at radius 2 is 2.00 bits per heavy atom. The van der Waals surface area contributed by atoms with Gasteiger partial charge in [-0.25, -0.2) is 0 Å². The van der Waals surface area contributed by atoms with Gasteiger partial charge in [-0.15, -0.1) is 0 Å². The molecule has 0 saturated carbocycles. The monoisotopic (exact) mass is 347 g/mol. The first-order chi connectivity index (χ1) is 11.8. The number of hydrogen-bond acceptors (Lipinski definition) is 5. The number of pyridine rings is 1. The van der Waals surface area contributed by atoms with E-state index in [1.54, 1.807) is 0 Å². The standard InChI is InChI=1S/C20H33N3O2/c1-19(2)11-16(12-20(3,4)23-19)22-17-14-24-10-8-18(17)25-13-15-7-5-6-9-21-15/h5-7,9,16-18,22-23H,8,10-14H2,1-4H3/t17-,18-/m1/s1. The summed E-state index contributed by atoms with van der Waals surface area (Å²) >= 11 is 0. The SMILES string of the molecule is CC1(C)CC(N[C@@H]2COCC[C@H]2OCc2ccccn2)CC(C)(C)N1. The van der Waals surface area contributed by atoms with Crippen molar-refractivity contribution in [3.63, 3.8) is 0 Å². The second-order valence-electron chi connectivity index (χ2n) is 8.81. The fraction of sp³-hybridized carbons (Fsp3) is 0.750. The first-order valence-electron chi connectivity index (χ1n) is 9.48. The molecule has 5 heteroatoms. The summed E-state index contributed by atoms with van der Waals surface area (Å²) in [6, 6.07) is 6.67. The molecule has 25 heavy (non-hydrogen) atoms. The second kappa shape index (κ2) is 7.70. The Balaban J connectivity index is 1.59. The maximum atomic E-state index is 6.21. The molecular formula is C20H33N3O2. The zero-order valence-electron chi connectivity index (χ0n) is 16.0. The summed E-state index contributed by atoms with van der Waals surface area (Å²) in [5.74, 6) is 0. The zero-order chi connectivity index (χ0) is 17.9. The molecule has 0 bridgehead atoms. The number of piperidine rings is 1. The van der Waals surface area contributed by atoms with Crippen LogP contribution < -0.4 is 10.6 Å². The van der Waals surface area contributed by atoms with Gasteiger partial charge in [0.2, 0.25) is 0 Å². The first kappa shape index (κ1) is 18.8. The third-order valence-corrected chi connectivity index (χ3v) is 5.10. The highest BCUT2D eigenvalue weighted by molar-refractivity contribution is 5.03. The molecule has 0 aliphatic carbocycles. The molecule has 2 aliphatic rings. The van der Waals surface area contributed by atoms with Crippen LogP contribution in [0.5, 0.6) is 0 Å². The molecule has 0 spiro atoms. The van der Waals surface area contributed by atoms with E-state index in [1.807, 2.05) is 24.4 Å². The summed E-state index contributed by atoms with van der Waals surface area (Å²) < 4.78 is 11.9. The lowest BCUT2D eigenvalue weighted by atomic mass is 9.79. The van der Waals surface area contributed by atoms with E-state index < -0.39 is 0 Å². The third kappa shape index (κ3) is 5.48. The van der Waals surface area contributed by atoms with Crippen LogP contribution in [0.2, 0.25) is 0 Å². The number of aromatic nitrogens is 1. The van der Waals surface area contributed by atoms with Gasteiger partial charge in [0.25, 0.3) is 0 Å². The van der Waals surface area contributed by atoms with Gasteiger partial charge in [0.1, 0.15) is 0 Å². The number of hydrogen-bond donors (Lipinski definition) is 2. The van der Waals surface area contributed by atoms with Crippen molar-refractivity contribution in [2.75, 3.05) is 13.2 Å². The molecule has 0 aromatic carbocycles. The number of nitrogens with one attached hydrogen (secondary N) is 2. The van der Waals surface area contributed by atoms with Gasteiger partial charge in [0.15, 0.2) is 0 Å². The Hall–Kier alpha value is -1.01. The van der Waals surface area contributed by atoms with E-state index in [0.717, 1.165) is 38.2 Å². The average molecular weight is 348 g/mol. The van der Waals surface area contributed by atoms with Crippen LogP contribution in [-0.4, -0.2) is 47.5 Å². The highest BCUT2D eigenvalue weighted by Crippen LogP contribution is 2.29. The molecule has 5 nitrogen and oxygen atoms in total. The Kier molecular flexibility index (Phi) is 5.78. The van der Waals surface area contributed by atoms with Crippen molar-refractivity contribution in [2.45, 2.75) is 82.8 Å². The zero-order valence-corrected chi connectivity index (χ0v) is 16.0. The summed E-state index contributed by atoms with van der Waals surface area (Å²) in [5, 5.41) is 7.59. The van der Waals surface area contributed by atoms with Crippen LogP contribution in [0.1, 0.15) is 52.7 Å². The van der Waals surface area contributed by atoms with E-state index >= 15 is 0 Å². The van der Waals surface area contributed by atoms with Crippen molar-refractivity contribution < 1.29 is 9.47 Å². The number of ether oxygens (including phenoxy) is 2. The maximum Gasteiger partial charge on any atom is 0.0892 e. The van der Waals surface area contributed by atoms with E-state index in [1.165, 1.54) is 0 Å². The molecule has 2 fully saturated rings. The molecule has 0 unspecified atom stereocenters. The van der Waals surface area contributed by atoms with Crippen molar-refractivity contribution in [1.82, 2.24) is 15.6 Å². The topological polar surface area (TPSA) is 55.4 Å². The van der Waals surface area contributed by atoms with Gasteiger partial charge < -0.3 is 20.1 Å². The van der Waals surface area contributed by atoms with Gasteiger partial charge >= 0.3 is 0 Å². The lowest BCUT2D eigenvalue weighted by Crippen LogP contribution is -2.64. The van der Waals surface area contributed by atoms with Gasteiger partial charge in [-0.05, 0) is 59.1 Å². The largest absolute Gasteiger partial charge is 0.380 e. The van der Waals surface area contributed by atoms with Gasteiger partial charge in [-0.2, -0.15) is 0 Å². The van der Waals surface area contributed by atoms with Crippen LogP contribution in [0, 0.1) is 0 Å². The van der Waals surface area contributed by atoms with Crippen LogP contribution in [0.15, 0.2) is 24.4 Å². The number of nitrogens with zero attached hydrogens (tertiary/aromatic N) is 1. The Morgan fingerprint density at radius 1 is 1.24 bits per heavy atom. The first-order valence-corrected chi connectivity index (χ1v) is 9.48. The van der Waals surface area contributed by atoms with Gasteiger partial charge in [0, 0.05) is 29.9 Å². The molecule has 2 saturated heterocycles. The summed E-state index contributed by atoms with van der Waals surface area (Å²) in [6.45, 7) is 11.2. The quantitative estimate of drug-likeness (QED) is 0.858. The second-order valence-corrected chi connectivity index (χ2v) is 8.81. The minimum Gasteiger partial charge on any atom is -0.380 e. The molecule has 1 aromatic rings. The van der Waals surface area contributed by atoms with Crippen LogP contribution in [0.4, 0.5) is 0 Å². The Labute approximate surface area is 151 Å². The molecule has 2 aliphatic heterocycles. The highest BCUT2D eigenvalue weighted by atomic mass is 16.5. The molecule has 0 amide bonds. The minimum absolute atomic E-state index is 0.138. The van der Waals surface area contributed by atoms with E-state index in [9.17, 15) is 0 Å². The molecule has 0 radical (unpaired) electrons. The normalized spacial score (nSPS) is 29.4. The minimum atomic E-state index is 0.138. The molecule has 1 aromatic heterocycles. The summed E-state index contributed by atoms with van der Waals surface area (Å²) in [7, 11) is 0. The van der Waals surface area contributed by atoms with Crippen molar-refractivity contribution >= 4 is 0 Å². The summed E-state index contributed by atoms with van der Waals surface area (Å²) in [6.07, 6.45) is 5.15. The Bertz CT molecular complexity index is 531. The Morgan fingerprint density at radius 3 is 2.68 bits per heavy atom. The van der Waals surface area contributed by atoms with E-state index in [-0.39, 0.29) is 23.2 Å². The molecular weight excluding hydrogens is 314 g/mol. The van der Waals surface area contributed by atoms with Crippen molar-refractivity contribution in [1.29, 1.82) is 0 Å². The summed E-state index contributed by atoms with van der Waals surface area (Å²) in [5.41, 5.74) is 1.26. The maximum absolute atomic E-state index is 6.21. The van der Waals surface area contributed by atoms with Crippen LogP contribution in [0.25, 0.3) is 0 Å². The number of rotatable bonds is 5. The fourth-order valence-corrected chi connectivity index (χ4v) is 4.49. The van der Waals surface area contributed by atoms with Crippen LogP contribution >= 0.6 is 0 Å². The molecule has 3 heterocycles. The van der Waals surface area contributed by atoms with Crippen molar-refractivity contribution in [2.24, 2.45) is 0 Å². The predicted octanol–water partition coefficient (Wildman–Crippen LogP) is 2.65. The molecule has 2 N–H and O–H groups in total. The molecule has 2 atom stereocenters. The highest BCUT2D eigenvalue weighted by Gasteiger charge is 2.39. The van der Waals surface area contributed by atoms with Gasteiger partial charge in [0.05, 0.1) is 31.1 Å². The fourth-order valence-electron chi connectivity index (χ4n) is 4.49. The summed E-state index contributed by atoms with van der Waals surface area (Å²) in [4.78, 5) is 4.36. The molecule has 140 valence electrons. The van der Waals surface area contributed by atoms with E-state index in [0.29, 0.717) is 12.6 Å². The molecule has 3 rings (SSSR count). The lowest BCUT2D eigenvalue weighted by molar-refractivity contribution is -0.0688. The van der Waals surface area contributed by atoms with Crippen molar-refractivity contribution in [3.8, 4) is 0 Å².